The minimum Gasteiger partial charge on any atom is -0.417 e. The molecule has 0 spiro atoms. The van der Waals surface area contributed by atoms with Crippen LogP contribution in [-0.4, -0.2) is 15.0 Å². The SMILES string of the molecule is c1ccc(Nc2ncnc3oc(-c4ccccc4)nc23)cc1. The van der Waals surface area contributed by atoms with Crippen molar-refractivity contribution in [1.29, 1.82) is 0 Å². The van der Waals surface area contributed by atoms with Gasteiger partial charge in [-0.05, 0) is 24.3 Å². The predicted octanol–water partition coefficient (Wildman–Crippen LogP) is 4.03. The van der Waals surface area contributed by atoms with Gasteiger partial charge in [-0.1, -0.05) is 36.4 Å². The van der Waals surface area contributed by atoms with Crippen molar-refractivity contribution in [3.8, 4) is 11.5 Å². The highest BCUT2D eigenvalue weighted by Crippen LogP contribution is 2.27. The van der Waals surface area contributed by atoms with Gasteiger partial charge in [-0.15, -0.1) is 0 Å². The second-order valence-corrected chi connectivity index (χ2v) is 4.75. The fourth-order valence-electron chi connectivity index (χ4n) is 2.21. The summed E-state index contributed by atoms with van der Waals surface area (Å²) in [5, 5.41) is 3.24. The second-order valence-electron chi connectivity index (χ2n) is 4.75. The van der Waals surface area contributed by atoms with Crippen molar-refractivity contribution in [1.82, 2.24) is 15.0 Å². The highest BCUT2D eigenvalue weighted by atomic mass is 16.4. The first kappa shape index (κ1) is 12.5. The molecule has 0 unspecified atom stereocenters. The van der Waals surface area contributed by atoms with Gasteiger partial charge in [0.2, 0.25) is 5.89 Å². The largest absolute Gasteiger partial charge is 0.417 e. The normalized spacial score (nSPS) is 10.7. The van der Waals surface area contributed by atoms with E-state index in [0.717, 1.165) is 11.3 Å². The number of benzene rings is 2. The number of fused-ring (bicyclic) bond motifs is 1. The third-order valence-electron chi connectivity index (χ3n) is 3.25. The molecular weight excluding hydrogens is 276 g/mol. The van der Waals surface area contributed by atoms with Gasteiger partial charge in [-0.3, -0.25) is 0 Å². The first-order chi connectivity index (χ1) is 10.9. The number of rotatable bonds is 3. The fraction of sp³-hybridized carbons (Fsp3) is 0. The molecule has 0 radical (unpaired) electrons. The standard InChI is InChI=1S/C17H12N4O/c1-3-7-12(8-4-1)16-21-14-15(18-11-19-17(14)22-16)20-13-9-5-2-6-10-13/h1-11H,(H,18,19,20). The molecule has 4 rings (SSSR count). The molecule has 0 saturated carbocycles. The molecule has 0 aliphatic carbocycles. The Morgan fingerprint density at radius 2 is 1.55 bits per heavy atom. The molecule has 0 atom stereocenters. The number of anilines is 2. The summed E-state index contributed by atoms with van der Waals surface area (Å²) < 4.78 is 5.73. The number of nitrogens with zero attached hydrogens (tertiary/aromatic N) is 3. The lowest BCUT2D eigenvalue weighted by Gasteiger charge is -2.03. The van der Waals surface area contributed by atoms with E-state index in [2.05, 4.69) is 20.3 Å². The van der Waals surface area contributed by atoms with Crippen molar-refractivity contribution in [3.63, 3.8) is 0 Å². The summed E-state index contributed by atoms with van der Waals surface area (Å²) in [6.45, 7) is 0. The molecular formula is C17H12N4O. The Balaban J connectivity index is 1.78. The average Bonchev–Trinajstić information content (AvgIpc) is 3.02. The first-order valence-electron chi connectivity index (χ1n) is 6.89. The first-order valence-corrected chi connectivity index (χ1v) is 6.89. The summed E-state index contributed by atoms with van der Waals surface area (Å²) in [7, 11) is 0. The van der Waals surface area contributed by atoms with Crippen LogP contribution in [0.15, 0.2) is 71.4 Å². The molecule has 2 heterocycles. The lowest BCUT2D eigenvalue weighted by atomic mass is 10.2. The van der Waals surface area contributed by atoms with Crippen LogP contribution in [0.25, 0.3) is 22.7 Å². The number of oxazole rings is 1. The molecule has 2 aromatic carbocycles. The molecule has 0 aliphatic heterocycles. The number of nitrogens with one attached hydrogen (secondary N) is 1. The van der Waals surface area contributed by atoms with Crippen LogP contribution in [0.5, 0.6) is 0 Å². The molecule has 5 heteroatoms. The zero-order chi connectivity index (χ0) is 14.8. The minimum atomic E-state index is 0.465. The maximum absolute atomic E-state index is 5.73. The molecule has 0 bridgehead atoms. The zero-order valence-corrected chi connectivity index (χ0v) is 11.6. The van der Waals surface area contributed by atoms with E-state index < -0.39 is 0 Å². The number of para-hydroxylation sites is 1. The molecule has 1 N–H and O–H groups in total. The Labute approximate surface area is 126 Å². The van der Waals surface area contributed by atoms with Crippen LogP contribution in [0.1, 0.15) is 0 Å². The van der Waals surface area contributed by atoms with E-state index in [1.165, 1.54) is 6.33 Å². The van der Waals surface area contributed by atoms with Crippen molar-refractivity contribution >= 4 is 22.7 Å². The van der Waals surface area contributed by atoms with Crippen LogP contribution in [0, 0.1) is 0 Å². The minimum absolute atomic E-state index is 0.465. The number of aromatic nitrogens is 3. The van der Waals surface area contributed by atoms with Crippen LogP contribution in [0.4, 0.5) is 11.5 Å². The quantitative estimate of drug-likeness (QED) is 0.616. The highest BCUT2D eigenvalue weighted by Gasteiger charge is 2.13. The lowest BCUT2D eigenvalue weighted by Crippen LogP contribution is -1.95. The van der Waals surface area contributed by atoms with Gasteiger partial charge >= 0.3 is 0 Å². The molecule has 0 saturated heterocycles. The summed E-state index contributed by atoms with van der Waals surface area (Å²) in [6, 6.07) is 19.5. The van der Waals surface area contributed by atoms with E-state index in [1.54, 1.807) is 0 Å². The second kappa shape index (κ2) is 5.29. The van der Waals surface area contributed by atoms with Crippen LogP contribution in [-0.2, 0) is 0 Å². The van der Waals surface area contributed by atoms with Crippen LogP contribution in [0.2, 0.25) is 0 Å². The van der Waals surface area contributed by atoms with Crippen molar-refractivity contribution in [2.75, 3.05) is 5.32 Å². The van der Waals surface area contributed by atoms with Gasteiger partial charge in [-0.25, -0.2) is 9.97 Å². The van der Waals surface area contributed by atoms with Crippen LogP contribution >= 0.6 is 0 Å². The Morgan fingerprint density at radius 1 is 0.818 bits per heavy atom. The summed E-state index contributed by atoms with van der Waals surface area (Å²) in [6.07, 6.45) is 1.47. The highest BCUT2D eigenvalue weighted by molar-refractivity contribution is 5.85. The van der Waals surface area contributed by atoms with E-state index in [4.69, 9.17) is 4.42 Å². The summed E-state index contributed by atoms with van der Waals surface area (Å²) in [5.74, 6) is 1.16. The molecule has 4 aromatic rings. The smallest absolute Gasteiger partial charge is 0.252 e. The lowest BCUT2D eigenvalue weighted by molar-refractivity contribution is 0.607. The van der Waals surface area contributed by atoms with E-state index in [1.807, 2.05) is 60.7 Å². The average molecular weight is 288 g/mol. The summed E-state index contributed by atoms with van der Waals surface area (Å²) in [4.78, 5) is 12.9. The molecule has 0 fully saturated rings. The summed E-state index contributed by atoms with van der Waals surface area (Å²) >= 11 is 0. The Morgan fingerprint density at radius 3 is 2.32 bits per heavy atom. The van der Waals surface area contributed by atoms with Gasteiger partial charge in [0.1, 0.15) is 6.33 Å². The maximum Gasteiger partial charge on any atom is 0.252 e. The van der Waals surface area contributed by atoms with Crippen molar-refractivity contribution in [3.05, 3.63) is 67.0 Å². The van der Waals surface area contributed by atoms with Crippen molar-refractivity contribution < 1.29 is 4.42 Å². The molecule has 106 valence electrons. The van der Waals surface area contributed by atoms with E-state index in [0.29, 0.717) is 22.9 Å². The fourth-order valence-corrected chi connectivity index (χ4v) is 2.21. The van der Waals surface area contributed by atoms with Gasteiger partial charge in [0.05, 0.1) is 0 Å². The Hall–Kier alpha value is -3.21. The van der Waals surface area contributed by atoms with Gasteiger partial charge < -0.3 is 9.73 Å². The van der Waals surface area contributed by atoms with Gasteiger partial charge in [0, 0.05) is 11.3 Å². The van der Waals surface area contributed by atoms with Crippen LogP contribution < -0.4 is 5.32 Å². The number of hydrogen-bond acceptors (Lipinski definition) is 5. The predicted molar refractivity (Wildman–Crippen MR) is 84.8 cm³/mol. The maximum atomic E-state index is 5.73. The summed E-state index contributed by atoms with van der Waals surface area (Å²) in [5.41, 5.74) is 2.93. The van der Waals surface area contributed by atoms with Crippen LogP contribution in [0.3, 0.4) is 0 Å². The molecule has 2 aromatic heterocycles. The zero-order valence-electron chi connectivity index (χ0n) is 11.6. The third-order valence-corrected chi connectivity index (χ3v) is 3.25. The Bertz CT molecular complexity index is 904. The third kappa shape index (κ3) is 2.29. The topological polar surface area (TPSA) is 63.8 Å². The van der Waals surface area contributed by atoms with Gasteiger partial charge in [0.15, 0.2) is 11.3 Å². The molecule has 0 aliphatic rings. The van der Waals surface area contributed by atoms with Gasteiger partial charge in [-0.2, -0.15) is 4.98 Å². The van der Waals surface area contributed by atoms with Gasteiger partial charge in [0.25, 0.3) is 5.71 Å². The van der Waals surface area contributed by atoms with Crippen molar-refractivity contribution in [2.24, 2.45) is 0 Å². The molecule has 5 nitrogen and oxygen atoms in total. The number of hydrogen-bond donors (Lipinski definition) is 1. The Kier molecular flexibility index (Phi) is 3.01. The van der Waals surface area contributed by atoms with E-state index >= 15 is 0 Å². The van der Waals surface area contributed by atoms with E-state index in [9.17, 15) is 0 Å². The van der Waals surface area contributed by atoms with Crippen molar-refractivity contribution in [2.45, 2.75) is 0 Å². The molecule has 22 heavy (non-hydrogen) atoms. The monoisotopic (exact) mass is 288 g/mol. The molecule has 0 amide bonds. The van der Waals surface area contributed by atoms with E-state index in [-0.39, 0.29) is 0 Å².